The van der Waals surface area contributed by atoms with E-state index in [1.165, 1.54) is 65.7 Å². The highest BCUT2D eigenvalue weighted by Crippen LogP contribution is 2.29. The zero-order chi connectivity index (χ0) is 35.1. The van der Waals surface area contributed by atoms with Crippen molar-refractivity contribution in [3.8, 4) is 0 Å². The van der Waals surface area contributed by atoms with E-state index in [1.807, 2.05) is 0 Å². The van der Waals surface area contributed by atoms with Crippen LogP contribution in [0.25, 0.3) is 32.3 Å². The molecule has 0 saturated heterocycles. The molecule has 0 heterocycles. The summed E-state index contributed by atoms with van der Waals surface area (Å²) in [6, 6.07) is 40.7. The number of benzene rings is 6. The van der Waals surface area contributed by atoms with Crippen LogP contribution < -0.4 is 0 Å². The molecule has 0 aliphatic carbocycles. The van der Waals surface area contributed by atoms with Crippen LogP contribution >= 0.6 is 0 Å². The molecule has 0 atom stereocenters. The van der Waals surface area contributed by atoms with E-state index in [0.717, 1.165) is 0 Å². The van der Waals surface area contributed by atoms with Crippen LogP contribution in [0.15, 0.2) is 109 Å². The first-order chi connectivity index (χ1) is 22.7. The van der Waals surface area contributed by atoms with Crippen molar-refractivity contribution >= 4 is 32.3 Å². The maximum absolute atomic E-state index is 2.36. The van der Waals surface area contributed by atoms with Crippen molar-refractivity contribution < 1.29 is 0 Å². The molecule has 6 aromatic rings. The van der Waals surface area contributed by atoms with Crippen molar-refractivity contribution in [2.75, 3.05) is 0 Å². The fraction of sp³-hybridized carbons (Fsp3) is 0.375. The van der Waals surface area contributed by atoms with Crippen LogP contribution in [0.4, 0.5) is 0 Å². The predicted molar refractivity (Wildman–Crippen MR) is 216 cm³/mol. The molecular weight excluding hydrogens is 577 g/mol. The SMILES string of the molecule is CC(C)c1ccc2cc(C(C)C)ccc2c1.CC(C)c1ccc2ccc(C(C)C)cc2c1.CC(C)c1ccc2cccc(C(C)C)c2c1. The number of rotatable bonds is 6. The van der Waals surface area contributed by atoms with Gasteiger partial charge in [0.25, 0.3) is 0 Å². The highest BCUT2D eigenvalue weighted by molar-refractivity contribution is 5.87. The maximum atomic E-state index is 2.36. The Bertz CT molecular complexity index is 1830. The topological polar surface area (TPSA) is 0 Å². The average Bonchev–Trinajstić information content (AvgIpc) is 3.07. The largest absolute Gasteiger partial charge is 0.0613 e. The van der Waals surface area contributed by atoms with Crippen molar-refractivity contribution in [1.82, 2.24) is 0 Å². The molecule has 48 heavy (non-hydrogen) atoms. The number of hydrogen-bond acceptors (Lipinski definition) is 0. The molecule has 0 spiro atoms. The van der Waals surface area contributed by atoms with E-state index in [0.29, 0.717) is 35.5 Å². The minimum Gasteiger partial charge on any atom is -0.0613 e. The van der Waals surface area contributed by atoms with Gasteiger partial charge < -0.3 is 0 Å². The Morgan fingerprint density at radius 3 is 0.979 bits per heavy atom. The van der Waals surface area contributed by atoms with Gasteiger partial charge in [0.1, 0.15) is 0 Å². The molecule has 252 valence electrons. The van der Waals surface area contributed by atoms with E-state index in [-0.39, 0.29) is 0 Å². The summed E-state index contributed by atoms with van der Waals surface area (Å²) >= 11 is 0. The third kappa shape index (κ3) is 9.37. The summed E-state index contributed by atoms with van der Waals surface area (Å²) in [6.45, 7) is 27.0. The van der Waals surface area contributed by atoms with Crippen molar-refractivity contribution in [2.45, 2.75) is 119 Å². The lowest BCUT2D eigenvalue weighted by Crippen LogP contribution is -1.92. The van der Waals surface area contributed by atoms with Gasteiger partial charge in [0.05, 0.1) is 0 Å². The number of hydrogen-bond donors (Lipinski definition) is 0. The van der Waals surface area contributed by atoms with Crippen LogP contribution in [0, 0.1) is 0 Å². The van der Waals surface area contributed by atoms with Gasteiger partial charge in [-0.2, -0.15) is 0 Å². The highest BCUT2D eigenvalue weighted by atomic mass is 14.1. The first-order valence-corrected chi connectivity index (χ1v) is 18.3. The Morgan fingerprint density at radius 1 is 0.271 bits per heavy atom. The standard InChI is InChI=1S/3C16H20/c1-11(2)13-5-7-16-10-14(12(3)4)6-8-15(16)9-13;1-11(2)14-7-5-13-6-8-15(12(3)4)10-16(13)9-14;1-11(2)14-9-8-13-6-5-7-15(12(3)4)16(13)10-14/h3*5-12H,1-4H3. The van der Waals surface area contributed by atoms with Crippen LogP contribution in [-0.4, -0.2) is 0 Å². The second-order valence-electron chi connectivity index (χ2n) is 15.5. The first-order valence-electron chi connectivity index (χ1n) is 18.3. The van der Waals surface area contributed by atoms with Gasteiger partial charge in [-0.3, -0.25) is 0 Å². The van der Waals surface area contributed by atoms with Crippen molar-refractivity contribution in [1.29, 1.82) is 0 Å². The minimum atomic E-state index is 0.589. The molecule has 0 aromatic heterocycles. The summed E-state index contributed by atoms with van der Waals surface area (Å²) in [5.74, 6) is 3.61. The minimum absolute atomic E-state index is 0.589. The Labute approximate surface area is 292 Å². The van der Waals surface area contributed by atoms with Gasteiger partial charge >= 0.3 is 0 Å². The van der Waals surface area contributed by atoms with Gasteiger partial charge in [-0.25, -0.2) is 0 Å². The van der Waals surface area contributed by atoms with Gasteiger partial charge in [-0.1, -0.05) is 192 Å². The molecule has 0 aliphatic heterocycles. The van der Waals surface area contributed by atoms with Gasteiger partial charge in [0, 0.05) is 0 Å². The molecule has 6 aromatic carbocycles. The molecule has 0 unspecified atom stereocenters. The van der Waals surface area contributed by atoms with Crippen molar-refractivity contribution in [2.24, 2.45) is 0 Å². The Kier molecular flexibility index (Phi) is 12.7. The molecule has 0 heteroatoms. The second-order valence-corrected chi connectivity index (χ2v) is 15.5. The summed E-state index contributed by atoms with van der Waals surface area (Å²) < 4.78 is 0. The van der Waals surface area contributed by atoms with E-state index in [1.54, 1.807) is 0 Å². The third-order valence-electron chi connectivity index (χ3n) is 9.67. The first kappa shape index (κ1) is 36.9. The fourth-order valence-corrected chi connectivity index (χ4v) is 6.18. The quantitative estimate of drug-likeness (QED) is 0.171. The lowest BCUT2D eigenvalue weighted by atomic mass is 9.92. The lowest BCUT2D eigenvalue weighted by molar-refractivity contribution is 0.862. The monoisotopic (exact) mass is 636 g/mol. The van der Waals surface area contributed by atoms with Crippen LogP contribution in [0.3, 0.4) is 0 Å². The summed E-state index contributed by atoms with van der Waals surface area (Å²) in [7, 11) is 0. The Hall–Kier alpha value is -3.90. The summed E-state index contributed by atoms with van der Waals surface area (Å²) in [5.41, 5.74) is 8.58. The smallest absolute Gasteiger partial charge is 0.0146 e. The average molecular weight is 637 g/mol. The molecule has 0 bridgehead atoms. The molecule has 0 amide bonds. The molecule has 0 aliphatic rings. The molecule has 0 N–H and O–H groups in total. The van der Waals surface area contributed by atoms with E-state index in [2.05, 4.69) is 192 Å². The van der Waals surface area contributed by atoms with Gasteiger partial charge in [0.15, 0.2) is 0 Å². The Morgan fingerprint density at radius 2 is 0.604 bits per heavy atom. The van der Waals surface area contributed by atoms with E-state index >= 15 is 0 Å². The molecule has 0 fully saturated rings. The second kappa shape index (κ2) is 16.5. The zero-order valence-electron chi connectivity index (χ0n) is 31.9. The number of fused-ring (bicyclic) bond motifs is 3. The molecule has 0 saturated carbocycles. The summed E-state index contributed by atoms with van der Waals surface area (Å²) in [6.07, 6.45) is 0. The highest BCUT2D eigenvalue weighted by Gasteiger charge is 2.08. The maximum Gasteiger partial charge on any atom is -0.0146 e. The van der Waals surface area contributed by atoms with E-state index in [4.69, 9.17) is 0 Å². The van der Waals surface area contributed by atoms with Crippen LogP contribution in [0.2, 0.25) is 0 Å². The molecule has 6 rings (SSSR count). The Balaban J connectivity index is 0.000000163. The van der Waals surface area contributed by atoms with Crippen molar-refractivity contribution in [3.63, 3.8) is 0 Å². The van der Waals surface area contributed by atoms with Crippen molar-refractivity contribution in [3.05, 3.63) is 143 Å². The van der Waals surface area contributed by atoms with Crippen LogP contribution in [-0.2, 0) is 0 Å². The van der Waals surface area contributed by atoms with Gasteiger partial charge in [-0.05, 0) is 101 Å². The van der Waals surface area contributed by atoms with E-state index in [9.17, 15) is 0 Å². The van der Waals surface area contributed by atoms with Crippen LogP contribution in [0.5, 0.6) is 0 Å². The lowest BCUT2D eigenvalue weighted by Gasteiger charge is -2.12. The van der Waals surface area contributed by atoms with E-state index < -0.39 is 0 Å². The molecular formula is C48H60. The fourth-order valence-electron chi connectivity index (χ4n) is 6.18. The molecule has 0 nitrogen and oxygen atoms in total. The van der Waals surface area contributed by atoms with Gasteiger partial charge in [0.2, 0.25) is 0 Å². The van der Waals surface area contributed by atoms with Gasteiger partial charge in [-0.15, -0.1) is 0 Å². The molecule has 0 radical (unpaired) electrons. The third-order valence-corrected chi connectivity index (χ3v) is 9.67. The van der Waals surface area contributed by atoms with Crippen LogP contribution in [0.1, 0.15) is 152 Å². The summed E-state index contributed by atoms with van der Waals surface area (Å²) in [5, 5.41) is 8.21. The predicted octanol–water partition coefficient (Wildman–Crippen LogP) is 15.3. The summed E-state index contributed by atoms with van der Waals surface area (Å²) in [4.78, 5) is 0. The normalized spacial score (nSPS) is 11.6. The zero-order valence-corrected chi connectivity index (χ0v) is 31.9.